The van der Waals surface area contributed by atoms with Gasteiger partial charge in [-0.2, -0.15) is 0 Å². The lowest BCUT2D eigenvalue weighted by Crippen LogP contribution is -2.12. The molecule has 0 aliphatic carbocycles. The molecule has 3 nitrogen and oxygen atoms in total. The average Bonchev–Trinajstić information content (AvgIpc) is 2.46. The van der Waals surface area contributed by atoms with E-state index in [1.165, 1.54) is 0 Å². The molecule has 0 unspecified atom stereocenters. The Hall–Kier alpha value is -1.22. The molecular weight excluding hydrogens is 238 g/mol. The molecule has 0 aliphatic rings. The zero-order valence-electron chi connectivity index (χ0n) is 12.4. The van der Waals surface area contributed by atoms with Crippen LogP contribution in [0.1, 0.15) is 45.6 Å². The Morgan fingerprint density at radius 2 is 1.84 bits per heavy atom. The van der Waals surface area contributed by atoms with Crippen LogP contribution in [-0.4, -0.2) is 13.2 Å². The van der Waals surface area contributed by atoms with E-state index in [1.54, 1.807) is 0 Å². The summed E-state index contributed by atoms with van der Waals surface area (Å²) in [6.07, 6.45) is 3.28. The Bertz CT molecular complexity index is 362. The first-order valence-corrected chi connectivity index (χ1v) is 7.33. The Morgan fingerprint density at radius 1 is 1.11 bits per heavy atom. The van der Waals surface area contributed by atoms with Crippen molar-refractivity contribution < 1.29 is 9.47 Å². The molecule has 0 amide bonds. The first kappa shape index (κ1) is 15.8. The van der Waals surface area contributed by atoms with Crippen LogP contribution in [0, 0.1) is 5.92 Å². The van der Waals surface area contributed by atoms with Crippen molar-refractivity contribution in [3.63, 3.8) is 0 Å². The minimum Gasteiger partial charge on any atom is -0.493 e. The third-order valence-electron chi connectivity index (χ3n) is 3.36. The van der Waals surface area contributed by atoms with Crippen LogP contribution in [0.15, 0.2) is 18.2 Å². The number of benzene rings is 1. The summed E-state index contributed by atoms with van der Waals surface area (Å²) in [6, 6.07) is 5.91. The minimum absolute atomic E-state index is 0.492. The highest BCUT2D eigenvalue weighted by Crippen LogP contribution is 2.26. The summed E-state index contributed by atoms with van der Waals surface area (Å²) in [6.45, 7) is 8.46. The molecule has 2 N–H and O–H groups in total. The van der Waals surface area contributed by atoms with Crippen molar-refractivity contribution >= 4 is 0 Å². The molecule has 3 heteroatoms. The first-order chi connectivity index (χ1) is 9.24. The summed E-state index contributed by atoms with van der Waals surface area (Å²) in [5.41, 5.74) is 6.79. The fourth-order valence-electron chi connectivity index (χ4n) is 1.88. The van der Waals surface area contributed by atoms with Gasteiger partial charge in [0.1, 0.15) is 11.5 Å². The van der Waals surface area contributed by atoms with Crippen molar-refractivity contribution in [1.82, 2.24) is 0 Å². The summed E-state index contributed by atoms with van der Waals surface area (Å²) < 4.78 is 11.6. The van der Waals surface area contributed by atoms with Gasteiger partial charge in [-0.25, -0.2) is 0 Å². The largest absolute Gasteiger partial charge is 0.493 e. The van der Waals surface area contributed by atoms with Crippen LogP contribution in [0.5, 0.6) is 11.5 Å². The predicted octanol–water partition coefficient (Wildman–Crippen LogP) is 3.75. The highest BCUT2D eigenvalue weighted by atomic mass is 16.5. The summed E-state index contributed by atoms with van der Waals surface area (Å²) in [5, 5.41) is 0. The maximum absolute atomic E-state index is 5.93. The molecule has 0 fully saturated rings. The Morgan fingerprint density at radius 3 is 2.42 bits per heavy atom. The summed E-state index contributed by atoms with van der Waals surface area (Å²) >= 11 is 0. The summed E-state index contributed by atoms with van der Waals surface area (Å²) in [4.78, 5) is 0. The second kappa shape index (κ2) is 8.81. The van der Waals surface area contributed by atoms with Crippen LogP contribution in [0.25, 0.3) is 0 Å². The third-order valence-corrected chi connectivity index (χ3v) is 3.36. The number of nitrogens with two attached hydrogens (primary N) is 1. The lowest BCUT2D eigenvalue weighted by atomic mass is 10.1. The second-order valence-corrected chi connectivity index (χ2v) is 4.82. The highest BCUT2D eigenvalue weighted by molar-refractivity contribution is 5.40. The fraction of sp³-hybridized carbons (Fsp3) is 0.625. The van der Waals surface area contributed by atoms with Gasteiger partial charge < -0.3 is 15.2 Å². The number of rotatable bonds is 9. The smallest absolute Gasteiger partial charge is 0.127 e. The molecule has 1 rings (SSSR count). The summed E-state index contributed by atoms with van der Waals surface area (Å²) in [7, 11) is 0. The Labute approximate surface area is 117 Å². The van der Waals surface area contributed by atoms with Crippen LogP contribution in [0.2, 0.25) is 0 Å². The van der Waals surface area contributed by atoms with Gasteiger partial charge in [0.25, 0.3) is 0 Å². The fourth-order valence-corrected chi connectivity index (χ4v) is 1.88. The van der Waals surface area contributed by atoms with Crippen LogP contribution >= 0.6 is 0 Å². The third kappa shape index (κ3) is 5.11. The minimum atomic E-state index is 0.492. The van der Waals surface area contributed by atoms with E-state index in [0.717, 1.165) is 49.5 Å². The predicted molar refractivity (Wildman–Crippen MR) is 79.7 cm³/mol. The molecule has 0 radical (unpaired) electrons. The molecule has 0 heterocycles. The van der Waals surface area contributed by atoms with Crippen molar-refractivity contribution in [2.45, 2.75) is 46.6 Å². The molecule has 0 bridgehead atoms. The molecule has 0 spiro atoms. The molecule has 0 saturated heterocycles. The maximum atomic E-state index is 5.93. The van der Waals surface area contributed by atoms with Crippen molar-refractivity contribution in [1.29, 1.82) is 0 Å². The van der Waals surface area contributed by atoms with Gasteiger partial charge in [0, 0.05) is 18.2 Å². The van der Waals surface area contributed by atoms with Crippen LogP contribution in [-0.2, 0) is 6.54 Å². The molecule has 0 atom stereocenters. The van der Waals surface area contributed by atoms with Gasteiger partial charge >= 0.3 is 0 Å². The average molecular weight is 265 g/mol. The standard InChI is InChI=1S/C16H27NO2/c1-4-9-18-15-8-7-14(11-17)16(10-15)19-12-13(5-2)6-3/h7-8,10,13H,4-6,9,11-12,17H2,1-3H3. The van der Waals surface area contributed by atoms with E-state index >= 15 is 0 Å². The van der Waals surface area contributed by atoms with E-state index < -0.39 is 0 Å². The molecular formula is C16H27NO2. The molecule has 0 saturated carbocycles. The SMILES string of the molecule is CCCOc1ccc(CN)c(OCC(CC)CC)c1. The molecule has 1 aromatic carbocycles. The normalized spacial score (nSPS) is 10.8. The van der Waals surface area contributed by atoms with E-state index in [2.05, 4.69) is 20.8 Å². The van der Waals surface area contributed by atoms with Crippen LogP contribution < -0.4 is 15.2 Å². The maximum Gasteiger partial charge on any atom is 0.127 e. The number of ether oxygens (including phenoxy) is 2. The lowest BCUT2D eigenvalue weighted by Gasteiger charge is -2.17. The lowest BCUT2D eigenvalue weighted by molar-refractivity contribution is 0.236. The highest BCUT2D eigenvalue weighted by Gasteiger charge is 2.08. The number of hydrogen-bond donors (Lipinski definition) is 1. The molecule has 0 aliphatic heterocycles. The van der Waals surface area contributed by atoms with E-state index in [1.807, 2.05) is 18.2 Å². The van der Waals surface area contributed by atoms with Crippen molar-refractivity contribution in [2.75, 3.05) is 13.2 Å². The van der Waals surface area contributed by atoms with Crippen LogP contribution in [0.4, 0.5) is 0 Å². The van der Waals surface area contributed by atoms with Crippen molar-refractivity contribution in [3.05, 3.63) is 23.8 Å². The van der Waals surface area contributed by atoms with E-state index in [0.29, 0.717) is 12.5 Å². The van der Waals surface area contributed by atoms with Crippen LogP contribution in [0.3, 0.4) is 0 Å². The molecule has 108 valence electrons. The van der Waals surface area contributed by atoms with E-state index in [-0.39, 0.29) is 0 Å². The molecule has 19 heavy (non-hydrogen) atoms. The summed E-state index contributed by atoms with van der Waals surface area (Å²) in [5.74, 6) is 2.33. The zero-order chi connectivity index (χ0) is 14.1. The first-order valence-electron chi connectivity index (χ1n) is 7.33. The Balaban J connectivity index is 2.72. The zero-order valence-corrected chi connectivity index (χ0v) is 12.4. The van der Waals surface area contributed by atoms with E-state index in [4.69, 9.17) is 15.2 Å². The molecule has 0 aromatic heterocycles. The Kier molecular flexibility index (Phi) is 7.34. The van der Waals surface area contributed by atoms with Gasteiger partial charge in [-0.3, -0.25) is 0 Å². The van der Waals surface area contributed by atoms with Crippen molar-refractivity contribution in [3.8, 4) is 11.5 Å². The number of hydrogen-bond acceptors (Lipinski definition) is 3. The van der Waals surface area contributed by atoms with Gasteiger partial charge in [0.2, 0.25) is 0 Å². The van der Waals surface area contributed by atoms with Gasteiger partial charge in [-0.05, 0) is 18.4 Å². The van der Waals surface area contributed by atoms with E-state index in [9.17, 15) is 0 Å². The van der Waals surface area contributed by atoms with Gasteiger partial charge in [0.15, 0.2) is 0 Å². The van der Waals surface area contributed by atoms with Gasteiger partial charge in [0.05, 0.1) is 13.2 Å². The van der Waals surface area contributed by atoms with Gasteiger partial charge in [-0.15, -0.1) is 0 Å². The van der Waals surface area contributed by atoms with Crippen molar-refractivity contribution in [2.24, 2.45) is 11.7 Å². The second-order valence-electron chi connectivity index (χ2n) is 4.82. The quantitative estimate of drug-likeness (QED) is 0.739. The monoisotopic (exact) mass is 265 g/mol. The topological polar surface area (TPSA) is 44.5 Å². The molecule has 1 aromatic rings. The van der Waals surface area contributed by atoms with Gasteiger partial charge in [-0.1, -0.05) is 39.7 Å².